The molecule has 2 aliphatic heterocycles. The number of aliphatic carboxylic acids is 1. The fraction of sp³-hybridized carbons (Fsp3) is 0.560. The average molecular weight is 494 g/mol. The Morgan fingerprint density at radius 2 is 1.83 bits per heavy atom. The van der Waals surface area contributed by atoms with Crippen LogP contribution in [-0.2, 0) is 36.8 Å². The van der Waals surface area contributed by atoms with Crippen molar-refractivity contribution >= 4 is 17.9 Å². The molecule has 0 bridgehead atoms. The van der Waals surface area contributed by atoms with Crippen LogP contribution in [0.2, 0.25) is 0 Å². The molecule has 0 unspecified atom stereocenters. The van der Waals surface area contributed by atoms with Crippen molar-refractivity contribution in [3.05, 3.63) is 33.9 Å². The minimum Gasteiger partial charge on any atom is -0.507 e. The van der Waals surface area contributed by atoms with Gasteiger partial charge in [0.2, 0.25) is 0 Å². The number of carboxylic acid groups (broad SMARTS) is 1. The van der Waals surface area contributed by atoms with Crippen LogP contribution in [-0.4, -0.2) is 79.6 Å². The number of phenolic OH excluding ortho intramolecular Hbond substituents is 1. The molecule has 1 aromatic carbocycles. The summed E-state index contributed by atoms with van der Waals surface area (Å²) in [4.78, 5) is 35.2. The normalized spacial score (nSPS) is 15.5. The molecule has 2 aliphatic rings. The van der Waals surface area contributed by atoms with Crippen LogP contribution >= 0.6 is 0 Å². The summed E-state index contributed by atoms with van der Waals surface area (Å²) in [6.45, 7) is 9.32. The van der Waals surface area contributed by atoms with Gasteiger partial charge in [0.15, 0.2) is 0 Å². The summed E-state index contributed by atoms with van der Waals surface area (Å²) in [7, 11) is 1.54. The standard InChI is InChI=1S/C23H31NO7.C2H4O2/c1-15(5-7-19(25)30-13-10-24-8-11-29-12-9-24)4-6-17-21(26)20-18(14-31-23(20)27)16(2)22(17)28-3;1-2(3)4/h4,26H,5-14H2,1-3H3;1H3,(H,3,4)/b15-4+;. The third kappa shape index (κ3) is 8.25. The Bertz CT molecular complexity index is 945. The summed E-state index contributed by atoms with van der Waals surface area (Å²) in [6, 6.07) is 0. The highest BCUT2D eigenvalue weighted by Crippen LogP contribution is 2.42. The van der Waals surface area contributed by atoms with E-state index in [4.69, 9.17) is 28.8 Å². The number of hydrogen-bond donors (Lipinski definition) is 2. The number of esters is 2. The van der Waals surface area contributed by atoms with Crippen LogP contribution in [0.1, 0.15) is 53.7 Å². The Hall–Kier alpha value is -3.11. The number of carboxylic acids is 1. The lowest BCUT2D eigenvalue weighted by atomic mass is 9.94. The van der Waals surface area contributed by atoms with E-state index in [9.17, 15) is 14.7 Å². The molecule has 2 heterocycles. The number of carbonyl (C=O) groups is 3. The maximum atomic E-state index is 12.0. The van der Waals surface area contributed by atoms with Crippen molar-refractivity contribution < 1.29 is 43.5 Å². The van der Waals surface area contributed by atoms with Gasteiger partial charge in [-0.25, -0.2) is 4.79 Å². The molecule has 10 heteroatoms. The molecule has 0 radical (unpaired) electrons. The van der Waals surface area contributed by atoms with Gasteiger partial charge in [0.1, 0.15) is 30.3 Å². The van der Waals surface area contributed by atoms with Gasteiger partial charge in [0, 0.05) is 44.1 Å². The Kier molecular flexibility index (Phi) is 11.0. The number of allylic oxidation sites excluding steroid dienone is 2. The lowest BCUT2D eigenvalue weighted by Crippen LogP contribution is -2.38. The zero-order valence-electron chi connectivity index (χ0n) is 20.8. The molecule has 2 N–H and O–H groups in total. The van der Waals surface area contributed by atoms with Crippen molar-refractivity contribution in [3.8, 4) is 11.5 Å². The number of rotatable bonds is 9. The SMILES string of the molecule is CC(=O)O.COc1c(C)c2c(c(O)c1C/C=C(\C)CCC(=O)OCCN1CCOCC1)C(=O)OC2. The molecule has 1 saturated heterocycles. The third-order valence-electron chi connectivity index (χ3n) is 5.80. The van der Waals surface area contributed by atoms with Gasteiger partial charge < -0.3 is 29.2 Å². The second kappa shape index (κ2) is 13.7. The number of ether oxygens (including phenoxy) is 4. The molecule has 0 amide bonds. The summed E-state index contributed by atoms with van der Waals surface area (Å²) < 4.78 is 21.2. The van der Waals surface area contributed by atoms with Crippen LogP contribution in [0.3, 0.4) is 0 Å². The van der Waals surface area contributed by atoms with Crippen molar-refractivity contribution in [2.75, 3.05) is 46.6 Å². The number of benzene rings is 1. The molecule has 0 saturated carbocycles. The van der Waals surface area contributed by atoms with E-state index in [2.05, 4.69) is 4.90 Å². The highest BCUT2D eigenvalue weighted by molar-refractivity contribution is 5.98. The van der Waals surface area contributed by atoms with Crippen LogP contribution < -0.4 is 4.74 Å². The van der Waals surface area contributed by atoms with Gasteiger partial charge in [-0.05, 0) is 32.3 Å². The first kappa shape index (κ1) is 28.1. The number of hydrogen-bond acceptors (Lipinski definition) is 9. The molecule has 194 valence electrons. The van der Waals surface area contributed by atoms with Gasteiger partial charge in [-0.3, -0.25) is 14.5 Å². The van der Waals surface area contributed by atoms with Gasteiger partial charge in [-0.15, -0.1) is 0 Å². The first-order valence-electron chi connectivity index (χ1n) is 11.5. The van der Waals surface area contributed by atoms with Gasteiger partial charge in [0.25, 0.3) is 5.97 Å². The Morgan fingerprint density at radius 3 is 2.46 bits per heavy atom. The number of phenols is 1. The topological polar surface area (TPSA) is 132 Å². The Morgan fingerprint density at radius 1 is 1.17 bits per heavy atom. The lowest BCUT2D eigenvalue weighted by molar-refractivity contribution is -0.144. The lowest BCUT2D eigenvalue weighted by Gasteiger charge is -2.26. The summed E-state index contributed by atoms with van der Waals surface area (Å²) in [5.41, 5.74) is 3.23. The monoisotopic (exact) mass is 493 g/mol. The van der Waals surface area contributed by atoms with Crippen LogP contribution in [0.5, 0.6) is 11.5 Å². The van der Waals surface area contributed by atoms with E-state index >= 15 is 0 Å². The van der Waals surface area contributed by atoms with Gasteiger partial charge in [-0.2, -0.15) is 0 Å². The number of carbonyl (C=O) groups excluding carboxylic acids is 2. The smallest absolute Gasteiger partial charge is 0.342 e. The summed E-state index contributed by atoms with van der Waals surface area (Å²) >= 11 is 0. The van der Waals surface area contributed by atoms with E-state index in [1.54, 1.807) is 7.11 Å². The first-order valence-corrected chi connectivity index (χ1v) is 11.5. The number of methoxy groups -OCH3 is 1. The quantitative estimate of drug-likeness (QED) is 0.391. The zero-order valence-corrected chi connectivity index (χ0v) is 20.8. The van der Waals surface area contributed by atoms with E-state index in [1.807, 2.05) is 19.9 Å². The first-order chi connectivity index (χ1) is 16.6. The molecule has 0 aromatic heterocycles. The summed E-state index contributed by atoms with van der Waals surface area (Å²) in [5.74, 6) is -1.11. The molecular weight excluding hydrogens is 458 g/mol. The Balaban J connectivity index is 0.00000100. The highest BCUT2D eigenvalue weighted by atomic mass is 16.5. The van der Waals surface area contributed by atoms with Crippen molar-refractivity contribution in [2.45, 2.75) is 46.6 Å². The molecule has 1 fully saturated rings. The summed E-state index contributed by atoms with van der Waals surface area (Å²) in [6.07, 6.45) is 3.18. The number of cyclic esters (lactones) is 1. The maximum absolute atomic E-state index is 12.0. The molecule has 0 aliphatic carbocycles. The number of nitrogens with zero attached hydrogens (tertiary/aromatic N) is 1. The summed E-state index contributed by atoms with van der Waals surface area (Å²) in [5, 5.41) is 18.1. The van der Waals surface area contributed by atoms with Gasteiger partial charge in [-0.1, -0.05) is 11.6 Å². The van der Waals surface area contributed by atoms with E-state index in [0.29, 0.717) is 42.7 Å². The largest absolute Gasteiger partial charge is 0.507 e. The van der Waals surface area contributed by atoms with Crippen LogP contribution in [0.15, 0.2) is 11.6 Å². The second-order valence-corrected chi connectivity index (χ2v) is 8.36. The van der Waals surface area contributed by atoms with Crippen LogP contribution in [0.4, 0.5) is 0 Å². The minimum absolute atomic E-state index is 0.0912. The van der Waals surface area contributed by atoms with E-state index in [1.165, 1.54) is 0 Å². The molecule has 1 aromatic rings. The van der Waals surface area contributed by atoms with Gasteiger partial charge >= 0.3 is 11.9 Å². The molecule has 0 atom stereocenters. The van der Waals surface area contributed by atoms with Crippen molar-refractivity contribution in [1.29, 1.82) is 0 Å². The fourth-order valence-electron chi connectivity index (χ4n) is 3.89. The number of aromatic hydroxyl groups is 1. The second-order valence-electron chi connectivity index (χ2n) is 8.36. The Labute approximate surface area is 205 Å². The van der Waals surface area contributed by atoms with Crippen molar-refractivity contribution in [3.63, 3.8) is 0 Å². The van der Waals surface area contributed by atoms with E-state index in [-0.39, 0.29) is 23.9 Å². The highest BCUT2D eigenvalue weighted by Gasteiger charge is 2.31. The fourth-order valence-corrected chi connectivity index (χ4v) is 3.89. The molecule has 10 nitrogen and oxygen atoms in total. The number of morpholine rings is 1. The predicted octanol–water partition coefficient (Wildman–Crippen LogP) is 2.61. The van der Waals surface area contributed by atoms with Crippen molar-refractivity contribution in [2.24, 2.45) is 0 Å². The molecular formula is C25H35NO9. The van der Waals surface area contributed by atoms with E-state index < -0.39 is 11.9 Å². The third-order valence-corrected chi connectivity index (χ3v) is 5.80. The van der Waals surface area contributed by atoms with Crippen LogP contribution in [0, 0.1) is 6.92 Å². The van der Waals surface area contributed by atoms with Gasteiger partial charge in [0.05, 0.1) is 20.3 Å². The maximum Gasteiger partial charge on any atom is 0.342 e. The molecule has 3 rings (SSSR count). The van der Waals surface area contributed by atoms with E-state index in [0.717, 1.165) is 50.9 Å². The van der Waals surface area contributed by atoms with Crippen molar-refractivity contribution in [1.82, 2.24) is 4.90 Å². The minimum atomic E-state index is -0.833. The zero-order chi connectivity index (χ0) is 26.0. The van der Waals surface area contributed by atoms with Crippen LogP contribution in [0.25, 0.3) is 0 Å². The molecule has 35 heavy (non-hydrogen) atoms. The number of fused-ring (bicyclic) bond motifs is 1. The predicted molar refractivity (Wildman–Crippen MR) is 127 cm³/mol. The molecule has 0 spiro atoms. The average Bonchev–Trinajstić information content (AvgIpc) is 3.21.